The minimum absolute atomic E-state index is 0.0245. The van der Waals surface area contributed by atoms with E-state index in [2.05, 4.69) is 25.5 Å². The summed E-state index contributed by atoms with van der Waals surface area (Å²) in [5.41, 5.74) is 2.49. The van der Waals surface area contributed by atoms with E-state index in [-0.39, 0.29) is 35.2 Å². The van der Waals surface area contributed by atoms with E-state index in [1.54, 1.807) is 24.4 Å². The van der Waals surface area contributed by atoms with E-state index < -0.39 is 0 Å². The normalized spacial score (nSPS) is 14.8. The first-order valence-corrected chi connectivity index (χ1v) is 12.5. The summed E-state index contributed by atoms with van der Waals surface area (Å²) >= 11 is 0. The Morgan fingerprint density at radius 3 is 2.50 bits per heavy atom. The molecule has 1 aliphatic heterocycles. The van der Waals surface area contributed by atoms with Gasteiger partial charge in [0.1, 0.15) is 11.5 Å². The molecular formula is C28H35N5O3. The quantitative estimate of drug-likeness (QED) is 0.389. The standard InChI is InChI=1S/C28H35N5O3/c1-28(2,3)24(18-34)32-25-9-7-8-22(30-25)20-16-23(27(36)29-17-20)31-26(35)19-10-12-21(13-11-19)33-14-5-4-6-15-33/h7-13,16-17,24,34H,4-6,14-15,18H2,1-3H3,(H,29,36)(H,30,32)(H,31,35)/t24-/m1/s1. The molecule has 3 aromatic rings. The lowest BCUT2D eigenvalue weighted by Crippen LogP contribution is -2.37. The highest BCUT2D eigenvalue weighted by molar-refractivity contribution is 6.04. The fourth-order valence-electron chi connectivity index (χ4n) is 4.29. The van der Waals surface area contributed by atoms with Gasteiger partial charge in [-0.3, -0.25) is 9.59 Å². The first-order valence-electron chi connectivity index (χ1n) is 12.5. The molecule has 1 aliphatic rings. The van der Waals surface area contributed by atoms with Crippen LogP contribution in [0.4, 0.5) is 17.2 Å². The molecule has 8 nitrogen and oxygen atoms in total. The van der Waals surface area contributed by atoms with Crippen molar-refractivity contribution < 1.29 is 9.90 Å². The second kappa shape index (κ2) is 11.0. The molecule has 3 heterocycles. The smallest absolute Gasteiger partial charge is 0.271 e. The maximum atomic E-state index is 12.9. The molecule has 4 N–H and O–H groups in total. The lowest BCUT2D eigenvalue weighted by atomic mass is 9.87. The number of pyridine rings is 2. The van der Waals surface area contributed by atoms with Crippen molar-refractivity contribution in [2.24, 2.45) is 5.41 Å². The molecule has 0 bridgehead atoms. The summed E-state index contributed by atoms with van der Waals surface area (Å²) in [6.07, 6.45) is 5.22. The molecule has 1 saturated heterocycles. The number of aliphatic hydroxyl groups excluding tert-OH is 1. The van der Waals surface area contributed by atoms with Crippen LogP contribution in [0.3, 0.4) is 0 Å². The zero-order valence-corrected chi connectivity index (χ0v) is 21.2. The Bertz CT molecular complexity index is 1240. The van der Waals surface area contributed by atoms with Crippen molar-refractivity contribution in [2.45, 2.75) is 46.1 Å². The molecule has 0 saturated carbocycles. The number of amides is 1. The third-order valence-corrected chi connectivity index (χ3v) is 6.60. The average Bonchev–Trinajstić information content (AvgIpc) is 2.88. The summed E-state index contributed by atoms with van der Waals surface area (Å²) in [6, 6.07) is 14.5. The van der Waals surface area contributed by atoms with Gasteiger partial charge in [0.25, 0.3) is 11.5 Å². The first kappa shape index (κ1) is 25.4. The summed E-state index contributed by atoms with van der Waals surface area (Å²) in [7, 11) is 0. The van der Waals surface area contributed by atoms with Gasteiger partial charge in [0.05, 0.1) is 18.3 Å². The summed E-state index contributed by atoms with van der Waals surface area (Å²) in [6.45, 7) is 8.18. The van der Waals surface area contributed by atoms with E-state index in [0.717, 1.165) is 18.8 Å². The number of piperidine rings is 1. The summed E-state index contributed by atoms with van der Waals surface area (Å²) in [4.78, 5) is 35.0. The number of benzene rings is 1. The second-order valence-corrected chi connectivity index (χ2v) is 10.3. The lowest BCUT2D eigenvalue weighted by molar-refractivity contribution is 0.102. The van der Waals surface area contributed by atoms with Gasteiger partial charge in [0.2, 0.25) is 0 Å². The molecule has 1 fully saturated rings. The maximum absolute atomic E-state index is 12.9. The molecule has 8 heteroatoms. The monoisotopic (exact) mass is 489 g/mol. The molecule has 0 unspecified atom stereocenters. The van der Waals surface area contributed by atoms with Crippen molar-refractivity contribution in [3.05, 3.63) is 70.6 Å². The van der Waals surface area contributed by atoms with E-state index in [1.807, 2.05) is 51.1 Å². The third kappa shape index (κ3) is 6.12. The molecule has 2 aromatic heterocycles. The zero-order chi connectivity index (χ0) is 25.7. The van der Waals surface area contributed by atoms with Gasteiger partial charge in [-0.05, 0) is 67.1 Å². The van der Waals surface area contributed by atoms with Crippen molar-refractivity contribution in [1.29, 1.82) is 0 Å². The van der Waals surface area contributed by atoms with Crippen LogP contribution in [0.25, 0.3) is 11.3 Å². The highest BCUT2D eigenvalue weighted by Crippen LogP contribution is 2.25. The minimum atomic E-state index is -0.389. The SMILES string of the molecule is CC(C)(C)[C@@H](CO)Nc1cccc(-c2c[nH]c(=O)c(NC(=O)c3ccc(N4CCCCC4)cc3)c2)n1. The summed E-state index contributed by atoms with van der Waals surface area (Å²) in [5, 5.41) is 15.8. The van der Waals surface area contributed by atoms with Gasteiger partial charge in [0, 0.05) is 36.1 Å². The maximum Gasteiger partial charge on any atom is 0.271 e. The molecule has 36 heavy (non-hydrogen) atoms. The van der Waals surface area contributed by atoms with Crippen molar-refractivity contribution in [1.82, 2.24) is 9.97 Å². The predicted octanol–water partition coefficient (Wildman–Crippen LogP) is 4.50. The van der Waals surface area contributed by atoms with Gasteiger partial charge in [-0.15, -0.1) is 0 Å². The highest BCUT2D eigenvalue weighted by Gasteiger charge is 2.24. The molecule has 1 aromatic carbocycles. The van der Waals surface area contributed by atoms with E-state index >= 15 is 0 Å². The zero-order valence-electron chi connectivity index (χ0n) is 21.2. The van der Waals surface area contributed by atoms with Gasteiger partial charge >= 0.3 is 0 Å². The topological polar surface area (TPSA) is 110 Å². The van der Waals surface area contributed by atoms with Gasteiger partial charge in [0.15, 0.2) is 0 Å². The summed E-state index contributed by atoms with van der Waals surface area (Å²) < 4.78 is 0. The average molecular weight is 490 g/mol. The van der Waals surface area contributed by atoms with Crippen LogP contribution >= 0.6 is 0 Å². The van der Waals surface area contributed by atoms with Crippen LogP contribution in [-0.4, -0.2) is 46.7 Å². The largest absolute Gasteiger partial charge is 0.394 e. The van der Waals surface area contributed by atoms with Crippen molar-refractivity contribution in [3.8, 4) is 11.3 Å². The molecule has 0 spiro atoms. The van der Waals surface area contributed by atoms with E-state index in [4.69, 9.17) is 0 Å². The van der Waals surface area contributed by atoms with E-state index in [0.29, 0.717) is 22.6 Å². The van der Waals surface area contributed by atoms with Crippen LogP contribution in [0.2, 0.25) is 0 Å². The van der Waals surface area contributed by atoms with Gasteiger partial charge in [-0.1, -0.05) is 26.8 Å². The number of nitrogens with one attached hydrogen (secondary N) is 3. The third-order valence-electron chi connectivity index (χ3n) is 6.60. The number of carbonyl (C=O) groups is 1. The molecule has 1 amide bonds. The number of H-pyrrole nitrogens is 1. The second-order valence-electron chi connectivity index (χ2n) is 10.3. The fraction of sp³-hybridized carbons (Fsp3) is 0.393. The van der Waals surface area contributed by atoms with Crippen LogP contribution < -0.4 is 21.1 Å². The van der Waals surface area contributed by atoms with Crippen LogP contribution in [-0.2, 0) is 0 Å². The first-order chi connectivity index (χ1) is 17.2. The Morgan fingerprint density at radius 2 is 1.83 bits per heavy atom. The fourth-order valence-corrected chi connectivity index (χ4v) is 4.29. The number of aliphatic hydroxyl groups is 1. The van der Waals surface area contributed by atoms with Crippen LogP contribution in [0, 0.1) is 5.41 Å². The lowest BCUT2D eigenvalue weighted by Gasteiger charge is -2.30. The van der Waals surface area contributed by atoms with E-state index in [1.165, 1.54) is 19.3 Å². The van der Waals surface area contributed by atoms with Crippen molar-refractivity contribution in [2.75, 3.05) is 35.2 Å². The molecule has 0 radical (unpaired) electrons. The number of aromatic nitrogens is 2. The number of hydrogen-bond donors (Lipinski definition) is 4. The number of aromatic amines is 1. The van der Waals surface area contributed by atoms with Crippen LogP contribution in [0.1, 0.15) is 50.4 Å². The van der Waals surface area contributed by atoms with Crippen molar-refractivity contribution in [3.63, 3.8) is 0 Å². The number of hydrogen-bond acceptors (Lipinski definition) is 6. The molecule has 4 rings (SSSR count). The number of nitrogens with zero attached hydrogens (tertiary/aromatic N) is 2. The summed E-state index contributed by atoms with van der Waals surface area (Å²) in [5.74, 6) is 0.272. The van der Waals surface area contributed by atoms with Crippen LogP contribution in [0.5, 0.6) is 0 Å². The Hall–Kier alpha value is -3.65. The molecule has 1 atom stereocenters. The van der Waals surface area contributed by atoms with E-state index in [9.17, 15) is 14.7 Å². The highest BCUT2D eigenvalue weighted by atomic mass is 16.3. The van der Waals surface area contributed by atoms with Crippen LogP contribution in [0.15, 0.2) is 59.5 Å². The van der Waals surface area contributed by atoms with Gasteiger partial charge < -0.3 is 25.6 Å². The predicted molar refractivity (Wildman–Crippen MR) is 145 cm³/mol. The minimum Gasteiger partial charge on any atom is -0.394 e. The Balaban J connectivity index is 1.50. The molecule has 190 valence electrons. The van der Waals surface area contributed by atoms with Gasteiger partial charge in [-0.25, -0.2) is 4.98 Å². The number of anilines is 3. The Kier molecular flexibility index (Phi) is 7.74. The Labute approximate surface area is 211 Å². The van der Waals surface area contributed by atoms with Gasteiger partial charge in [-0.2, -0.15) is 0 Å². The molecule has 0 aliphatic carbocycles. The number of carbonyl (C=O) groups excluding carboxylic acids is 1. The van der Waals surface area contributed by atoms with Crippen molar-refractivity contribution >= 4 is 23.1 Å². The molecular weight excluding hydrogens is 454 g/mol. The number of rotatable bonds is 7. The Morgan fingerprint density at radius 1 is 1.11 bits per heavy atom.